The summed E-state index contributed by atoms with van der Waals surface area (Å²) in [6.45, 7) is 9.35. The highest BCUT2D eigenvalue weighted by atomic mass is 16.2. The quantitative estimate of drug-likeness (QED) is 0.758. The van der Waals surface area contributed by atoms with Gasteiger partial charge < -0.3 is 10.2 Å². The van der Waals surface area contributed by atoms with Gasteiger partial charge in [-0.3, -0.25) is 4.79 Å². The second-order valence-corrected chi connectivity index (χ2v) is 7.46. The number of carbonyl (C=O) groups is 1. The first-order valence-electron chi connectivity index (χ1n) is 9.39. The van der Waals surface area contributed by atoms with Crippen molar-refractivity contribution in [2.24, 2.45) is 5.92 Å². The van der Waals surface area contributed by atoms with Gasteiger partial charge in [-0.05, 0) is 57.0 Å². The van der Waals surface area contributed by atoms with E-state index in [0.717, 1.165) is 28.7 Å². The smallest absolute Gasteiger partial charge is 0.231 e. The molecule has 1 saturated heterocycles. The SMILES string of the molecule is Cc1cc(C)n(-c2cc(N3CC(C(=O)Nc4ccc(C)c(C)c4)C3)ncn2)n1. The maximum absolute atomic E-state index is 12.5. The lowest BCUT2D eigenvalue weighted by atomic mass is 9.99. The molecule has 1 amide bonds. The van der Waals surface area contributed by atoms with Crippen LogP contribution in [0.1, 0.15) is 22.5 Å². The molecule has 144 valence electrons. The Kier molecular flexibility index (Phi) is 4.58. The largest absolute Gasteiger partial charge is 0.355 e. The van der Waals surface area contributed by atoms with Crippen LogP contribution in [0.4, 0.5) is 11.5 Å². The molecule has 3 heterocycles. The standard InChI is InChI=1S/C21H24N6O/c1-13-5-6-18(7-14(13)2)24-21(28)17-10-26(11-17)19-9-20(23-12-22-19)27-16(4)8-15(3)25-27/h5-9,12,17H,10-11H2,1-4H3,(H,24,28). The Balaban J connectivity index is 1.41. The minimum atomic E-state index is -0.0475. The highest BCUT2D eigenvalue weighted by molar-refractivity contribution is 5.94. The van der Waals surface area contributed by atoms with E-state index in [9.17, 15) is 4.79 Å². The number of benzene rings is 1. The van der Waals surface area contributed by atoms with E-state index >= 15 is 0 Å². The Labute approximate surface area is 164 Å². The highest BCUT2D eigenvalue weighted by Crippen LogP contribution is 2.25. The molecule has 7 nitrogen and oxygen atoms in total. The fourth-order valence-corrected chi connectivity index (χ4v) is 3.38. The zero-order chi connectivity index (χ0) is 19.8. The average molecular weight is 376 g/mol. The monoisotopic (exact) mass is 376 g/mol. The molecule has 0 aliphatic carbocycles. The van der Waals surface area contributed by atoms with Crippen molar-refractivity contribution in [2.45, 2.75) is 27.7 Å². The predicted octanol–water partition coefficient (Wildman–Crippen LogP) is 2.97. The number of carbonyl (C=O) groups excluding carboxylic acids is 1. The highest BCUT2D eigenvalue weighted by Gasteiger charge is 2.33. The number of rotatable bonds is 4. The van der Waals surface area contributed by atoms with Gasteiger partial charge in [0.25, 0.3) is 0 Å². The van der Waals surface area contributed by atoms with Gasteiger partial charge >= 0.3 is 0 Å². The number of hydrogen-bond donors (Lipinski definition) is 1. The van der Waals surface area contributed by atoms with E-state index in [1.165, 1.54) is 11.1 Å². The maximum Gasteiger partial charge on any atom is 0.231 e. The number of hydrogen-bond acceptors (Lipinski definition) is 5. The lowest BCUT2D eigenvalue weighted by Gasteiger charge is -2.39. The maximum atomic E-state index is 12.5. The van der Waals surface area contributed by atoms with Crippen molar-refractivity contribution < 1.29 is 4.79 Å². The molecule has 1 N–H and O–H groups in total. The van der Waals surface area contributed by atoms with Crippen LogP contribution in [0.15, 0.2) is 36.7 Å². The normalized spacial score (nSPS) is 14.1. The van der Waals surface area contributed by atoms with Gasteiger partial charge in [0.2, 0.25) is 5.91 Å². The molecule has 7 heteroatoms. The Morgan fingerprint density at radius 1 is 1.00 bits per heavy atom. The first-order valence-corrected chi connectivity index (χ1v) is 9.39. The second kappa shape index (κ2) is 7.07. The van der Waals surface area contributed by atoms with Crippen LogP contribution in [0, 0.1) is 33.6 Å². The molecule has 0 unspecified atom stereocenters. The van der Waals surface area contributed by atoms with Crippen molar-refractivity contribution in [1.82, 2.24) is 19.7 Å². The molecule has 0 saturated carbocycles. The molecule has 2 aromatic heterocycles. The molecule has 4 rings (SSSR count). The van der Waals surface area contributed by atoms with Crippen molar-refractivity contribution in [3.63, 3.8) is 0 Å². The summed E-state index contributed by atoms with van der Waals surface area (Å²) in [6, 6.07) is 9.91. The summed E-state index contributed by atoms with van der Waals surface area (Å²) >= 11 is 0. The zero-order valence-corrected chi connectivity index (χ0v) is 16.6. The third kappa shape index (κ3) is 3.47. The third-order valence-electron chi connectivity index (χ3n) is 5.22. The van der Waals surface area contributed by atoms with Gasteiger partial charge in [-0.25, -0.2) is 14.6 Å². The van der Waals surface area contributed by atoms with Crippen molar-refractivity contribution >= 4 is 17.4 Å². The van der Waals surface area contributed by atoms with Crippen LogP contribution in [-0.4, -0.2) is 38.7 Å². The van der Waals surface area contributed by atoms with E-state index in [0.29, 0.717) is 13.1 Å². The lowest BCUT2D eigenvalue weighted by molar-refractivity contribution is -0.120. The van der Waals surface area contributed by atoms with Crippen molar-refractivity contribution in [1.29, 1.82) is 0 Å². The van der Waals surface area contributed by atoms with E-state index in [1.807, 2.05) is 55.8 Å². The summed E-state index contributed by atoms with van der Waals surface area (Å²) in [6.07, 6.45) is 1.55. The fraction of sp³-hybridized carbons (Fsp3) is 0.333. The molecular weight excluding hydrogens is 352 g/mol. The Hall–Kier alpha value is -3.22. The summed E-state index contributed by atoms with van der Waals surface area (Å²) in [5.74, 6) is 1.55. The lowest BCUT2D eigenvalue weighted by Crippen LogP contribution is -2.52. The van der Waals surface area contributed by atoms with Crippen LogP contribution in [0.3, 0.4) is 0 Å². The van der Waals surface area contributed by atoms with Crippen molar-refractivity contribution in [3.8, 4) is 5.82 Å². The number of nitrogens with zero attached hydrogens (tertiary/aromatic N) is 5. The minimum Gasteiger partial charge on any atom is -0.355 e. The number of aryl methyl sites for hydroxylation is 4. The third-order valence-corrected chi connectivity index (χ3v) is 5.22. The summed E-state index contributed by atoms with van der Waals surface area (Å²) in [5.41, 5.74) is 5.21. The summed E-state index contributed by atoms with van der Waals surface area (Å²) < 4.78 is 1.81. The molecule has 28 heavy (non-hydrogen) atoms. The molecule has 1 aliphatic rings. The molecular formula is C21H24N6O. The number of aromatic nitrogens is 4. The van der Waals surface area contributed by atoms with Gasteiger partial charge in [-0.15, -0.1) is 0 Å². The predicted molar refractivity (Wildman–Crippen MR) is 109 cm³/mol. The molecule has 0 radical (unpaired) electrons. The summed E-state index contributed by atoms with van der Waals surface area (Å²) in [5, 5.41) is 7.49. The van der Waals surface area contributed by atoms with E-state index in [4.69, 9.17) is 0 Å². The first kappa shape index (κ1) is 18.2. The Morgan fingerprint density at radius 3 is 2.43 bits per heavy atom. The van der Waals surface area contributed by atoms with Gasteiger partial charge in [0, 0.05) is 30.5 Å². The average Bonchev–Trinajstić information content (AvgIpc) is 2.95. The van der Waals surface area contributed by atoms with E-state index < -0.39 is 0 Å². The molecule has 1 fully saturated rings. The molecule has 1 aliphatic heterocycles. The van der Waals surface area contributed by atoms with E-state index in [2.05, 4.69) is 32.2 Å². The van der Waals surface area contributed by atoms with Gasteiger partial charge in [-0.1, -0.05) is 6.07 Å². The fourth-order valence-electron chi connectivity index (χ4n) is 3.38. The zero-order valence-electron chi connectivity index (χ0n) is 16.6. The summed E-state index contributed by atoms with van der Waals surface area (Å²) in [7, 11) is 0. The second-order valence-electron chi connectivity index (χ2n) is 7.46. The molecule has 0 spiro atoms. The van der Waals surface area contributed by atoms with Crippen LogP contribution in [-0.2, 0) is 4.79 Å². The number of nitrogens with one attached hydrogen (secondary N) is 1. The van der Waals surface area contributed by atoms with Crippen LogP contribution in [0.25, 0.3) is 5.82 Å². The minimum absolute atomic E-state index is 0.0475. The van der Waals surface area contributed by atoms with E-state index in [1.54, 1.807) is 6.33 Å². The Bertz CT molecular complexity index is 1040. The Morgan fingerprint density at radius 2 is 1.75 bits per heavy atom. The van der Waals surface area contributed by atoms with Gasteiger partial charge in [0.1, 0.15) is 12.1 Å². The molecule has 1 aromatic carbocycles. The molecule has 0 bridgehead atoms. The topological polar surface area (TPSA) is 75.9 Å². The molecule has 3 aromatic rings. The van der Waals surface area contributed by atoms with Crippen LogP contribution >= 0.6 is 0 Å². The number of anilines is 2. The van der Waals surface area contributed by atoms with Gasteiger partial charge in [0.05, 0.1) is 11.6 Å². The van der Waals surface area contributed by atoms with Gasteiger partial charge in [0.15, 0.2) is 5.82 Å². The van der Waals surface area contributed by atoms with E-state index in [-0.39, 0.29) is 11.8 Å². The van der Waals surface area contributed by atoms with Crippen molar-refractivity contribution in [3.05, 3.63) is 59.2 Å². The van der Waals surface area contributed by atoms with Crippen LogP contribution < -0.4 is 10.2 Å². The van der Waals surface area contributed by atoms with Gasteiger partial charge in [-0.2, -0.15) is 5.10 Å². The number of amides is 1. The first-order chi connectivity index (χ1) is 13.4. The van der Waals surface area contributed by atoms with Crippen molar-refractivity contribution in [2.75, 3.05) is 23.3 Å². The molecule has 0 atom stereocenters. The summed E-state index contributed by atoms with van der Waals surface area (Å²) in [4.78, 5) is 23.3. The van der Waals surface area contributed by atoms with Crippen LogP contribution in [0.5, 0.6) is 0 Å². The van der Waals surface area contributed by atoms with Crippen LogP contribution in [0.2, 0.25) is 0 Å².